The van der Waals surface area contributed by atoms with Gasteiger partial charge >= 0.3 is 5.69 Å². The van der Waals surface area contributed by atoms with Gasteiger partial charge in [0.2, 0.25) is 10.0 Å². The van der Waals surface area contributed by atoms with Crippen LogP contribution in [0, 0.1) is 6.92 Å². The van der Waals surface area contributed by atoms with Crippen LogP contribution in [0.1, 0.15) is 35.2 Å². The highest BCUT2D eigenvalue weighted by molar-refractivity contribution is 7.89. The smallest absolute Gasteiger partial charge is 0.321 e. The van der Waals surface area contributed by atoms with Crippen molar-refractivity contribution >= 4 is 32.7 Å². The van der Waals surface area contributed by atoms with Gasteiger partial charge in [-0.1, -0.05) is 12.5 Å². The van der Waals surface area contributed by atoms with Gasteiger partial charge < -0.3 is 5.32 Å². The Morgan fingerprint density at radius 2 is 1.73 bits per heavy atom. The number of hydrogen-bond donors (Lipinski definition) is 1. The van der Waals surface area contributed by atoms with E-state index in [1.54, 1.807) is 19.1 Å². The largest absolute Gasteiger partial charge is 0.332 e. The maximum absolute atomic E-state index is 13.1. The number of piperidine rings is 1. The molecule has 0 bridgehead atoms. The van der Waals surface area contributed by atoms with Crippen LogP contribution in [0.4, 0.5) is 5.69 Å². The lowest BCUT2D eigenvalue weighted by molar-refractivity contribution is 0.102. The van der Waals surface area contributed by atoms with E-state index in [0.29, 0.717) is 18.7 Å². The zero-order valence-corrected chi connectivity index (χ0v) is 19.5. The summed E-state index contributed by atoms with van der Waals surface area (Å²) in [5.74, 6) is -0.534. The Hall–Kier alpha value is -3.31. The minimum atomic E-state index is -3.71. The molecule has 2 aromatic heterocycles. The molecule has 3 heterocycles. The number of hydrogen-bond acceptors (Lipinski definition) is 6. The number of nitrogens with zero attached hydrogens (tertiary/aromatic N) is 4. The molecule has 1 aromatic carbocycles. The van der Waals surface area contributed by atoms with Gasteiger partial charge in [0.1, 0.15) is 5.65 Å². The summed E-state index contributed by atoms with van der Waals surface area (Å²) in [5.41, 5.74) is 0.162. The molecule has 4 rings (SSSR count). The number of rotatable bonds is 4. The third-order valence-electron chi connectivity index (χ3n) is 5.93. The number of benzene rings is 1. The standard InChI is InChI=1S/C22H25N5O5S/c1-14-7-8-15(11-18(14)33(31,32)27-9-5-4-6-10-27)20(28)24-16-12-17-19(23-13-16)25(2)22(30)26(3)21(17)29/h7-8,11-13H,4-6,9-10H2,1-3H3,(H,24,28). The monoisotopic (exact) mass is 471 g/mol. The molecule has 3 aromatic rings. The molecule has 0 radical (unpaired) electrons. The van der Waals surface area contributed by atoms with Crippen molar-refractivity contribution in [3.05, 3.63) is 62.4 Å². The van der Waals surface area contributed by atoms with Gasteiger partial charge in [-0.25, -0.2) is 18.2 Å². The minimum Gasteiger partial charge on any atom is -0.321 e. The molecule has 1 aliphatic heterocycles. The number of aromatic nitrogens is 3. The first-order valence-corrected chi connectivity index (χ1v) is 12.0. The van der Waals surface area contributed by atoms with Crippen molar-refractivity contribution in [1.82, 2.24) is 18.4 Å². The molecule has 1 fully saturated rings. The van der Waals surface area contributed by atoms with Gasteiger partial charge in [0.25, 0.3) is 11.5 Å². The van der Waals surface area contributed by atoms with Crippen LogP contribution in [0.3, 0.4) is 0 Å². The summed E-state index contributed by atoms with van der Waals surface area (Å²) in [7, 11) is -0.832. The van der Waals surface area contributed by atoms with Crippen LogP contribution in [-0.2, 0) is 24.1 Å². The van der Waals surface area contributed by atoms with Crippen molar-refractivity contribution in [1.29, 1.82) is 0 Å². The van der Waals surface area contributed by atoms with E-state index in [1.807, 2.05) is 0 Å². The fraction of sp³-hybridized carbons (Fsp3) is 0.364. The Kier molecular flexibility index (Phi) is 5.93. The van der Waals surface area contributed by atoms with Crippen molar-refractivity contribution in [3.63, 3.8) is 0 Å². The number of amides is 1. The molecule has 33 heavy (non-hydrogen) atoms. The molecule has 1 N–H and O–H groups in total. The van der Waals surface area contributed by atoms with E-state index in [2.05, 4.69) is 10.3 Å². The summed E-state index contributed by atoms with van der Waals surface area (Å²) in [6.45, 7) is 2.64. The number of pyridine rings is 1. The molecule has 1 saturated heterocycles. The molecule has 174 valence electrons. The molecular weight excluding hydrogens is 446 g/mol. The Balaban J connectivity index is 1.67. The number of fused-ring (bicyclic) bond motifs is 1. The molecule has 0 unspecified atom stereocenters. The second-order valence-corrected chi connectivity index (χ2v) is 10.1. The van der Waals surface area contributed by atoms with E-state index in [1.165, 1.54) is 41.3 Å². The van der Waals surface area contributed by atoms with Crippen molar-refractivity contribution in [2.24, 2.45) is 14.1 Å². The summed E-state index contributed by atoms with van der Waals surface area (Å²) in [6.07, 6.45) is 3.99. The minimum absolute atomic E-state index is 0.109. The number of anilines is 1. The van der Waals surface area contributed by atoms with Crippen molar-refractivity contribution in [2.75, 3.05) is 18.4 Å². The fourth-order valence-electron chi connectivity index (χ4n) is 4.00. The average molecular weight is 472 g/mol. The van der Waals surface area contributed by atoms with E-state index in [-0.39, 0.29) is 27.2 Å². The maximum atomic E-state index is 13.1. The lowest BCUT2D eigenvalue weighted by Gasteiger charge is -2.26. The summed E-state index contributed by atoms with van der Waals surface area (Å²) in [6, 6.07) is 5.99. The van der Waals surface area contributed by atoms with Gasteiger partial charge in [0.15, 0.2) is 0 Å². The third-order valence-corrected chi connectivity index (χ3v) is 7.97. The molecule has 0 aliphatic carbocycles. The number of carbonyl (C=O) groups is 1. The van der Waals surface area contributed by atoms with Gasteiger partial charge in [-0.3, -0.25) is 18.7 Å². The van der Waals surface area contributed by atoms with Gasteiger partial charge in [-0.05, 0) is 43.5 Å². The molecule has 11 heteroatoms. The van der Waals surface area contributed by atoms with Gasteiger partial charge in [-0.15, -0.1) is 0 Å². The first kappa shape index (κ1) is 22.9. The lowest BCUT2D eigenvalue weighted by Crippen LogP contribution is -2.37. The SMILES string of the molecule is Cc1ccc(C(=O)Nc2cnc3c(c2)c(=O)n(C)c(=O)n3C)cc1S(=O)(=O)N1CCCCC1. The summed E-state index contributed by atoms with van der Waals surface area (Å²) in [4.78, 5) is 41.7. The van der Waals surface area contributed by atoms with Crippen LogP contribution in [0.5, 0.6) is 0 Å². The van der Waals surface area contributed by atoms with E-state index in [9.17, 15) is 22.8 Å². The topological polar surface area (TPSA) is 123 Å². The van der Waals surface area contributed by atoms with Crippen molar-refractivity contribution in [3.8, 4) is 0 Å². The van der Waals surface area contributed by atoms with Crippen LogP contribution in [0.2, 0.25) is 0 Å². The maximum Gasteiger partial charge on any atom is 0.332 e. The van der Waals surface area contributed by atoms with Crippen LogP contribution in [0.25, 0.3) is 11.0 Å². The van der Waals surface area contributed by atoms with Gasteiger partial charge in [0.05, 0.1) is 22.2 Å². The first-order chi connectivity index (χ1) is 15.6. The summed E-state index contributed by atoms with van der Waals surface area (Å²) in [5, 5.41) is 2.84. The van der Waals surface area contributed by atoms with E-state index < -0.39 is 27.2 Å². The Morgan fingerprint density at radius 1 is 1.03 bits per heavy atom. The van der Waals surface area contributed by atoms with E-state index >= 15 is 0 Å². The number of carbonyl (C=O) groups excluding carboxylic acids is 1. The highest BCUT2D eigenvalue weighted by atomic mass is 32.2. The normalized spacial score (nSPS) is 15.0. The highest BCUT2D eigenvalue weighted by Crippen LogP contribution is 2.25. The predicted octanol–water partition coefficient (Wildman–Crippen LogP) is 1.37. The predicted molar refractivity (Wildman–Crippen MR) is 124 cm³/mol. The number of nitrogens with one attached hydrogen (secondary N) is 1. The summed E-state index contributed by atoms with van der Waals surface area (Å²) < 4.78 is 30.0. The summed E-state index contributed by atoms with van der Waals surface area (Å²) >= 11 is 0. The Labute approximate surface area is 190 Å². The number of aryl methyl sites for hydroxylation is 2. The third kappa shape index (κ3) is 4.09. The zero-order valence-electron chi connectivity index (χ0n) is 18.7. The molecule has 1 amide bonds. The van der Waals surface area contributed by atoms with Crippen LogP contribution in [0.15, 0.2) is 44.9 Å². The molecular formula is C22H25N5O5S. The van der Waals surface area contributed by atoms with Gasteiger partial charge in [0, 0.05) is 32.7 Å². The fourth-order valence-corrected chi connectivity index (χ4v) is 5.77. The van der Waals surface area contributed by atoms with Crippen LogP contribution >= 0.6 is 0 Å². The van der Waals surface area contributed by atoms with Gasteiger partial charge in [-0.2, -0.15) is 4.31 Å². The molecule has 0 atom stereocenters. The molecule has 0 spiro atoms. The Morgan fingerprint density at radius 3 is 2.42 bits per heavy atom. The Bertz CT molecular complexity index is 1480. The quantitative estimate of drug-likeness (QED) is 0.613. The van der Waals surface area contributed by atoms with E-state index in [0.717, 1.165) is 23.8 Å². The molecule has 10 nitrogen and oxygen atoms in total. The molecule has 0 saturated carbocycles. The second kappa shape index (κ2) is 8.56. The van der Waals surface area contributed by atoms with Crippen LogP contribution in [-0.4, -0.2) is 45.8 Å². The second-order valence-electron chi connectivity index (χ2n) is 8.20. The lowest BCUT2D eigenvalue weighted by atomic mass is 10.1. The highest BCUT2D eigenvalue weighted by Gasteiger charge is 2.28. The number of sulfonamides is 1. The van der Waals surface area contributed by atoms with Crippen molar-refractivity contribution < 1.29 is 13.2 Å². The molecule has 1 aliphatic rings. The zero-order chi connectivity index (χ0) is 23.9. The first-order valence-electron chi connectivity index (χ1n) is 10.6. The average Bonchev–Trinajstić information content (AvgIpc) is 2.82. The van der Waals surface area contributed by atoms with Crippen molar-refractivity contribution in [2.45, 2.75) is 31.1 Å². The van der Waals surface area contributed by atoms with Crippen LogP contribution < -0.4 is 16.6 Å². The van der Waals surface area contributed by atoms with E-state index in [4.69, 9.17) is 0 Å².